The third-order valence-corrected chi connectivity index (χ3v) is 15.2. The lowest BCUT2D eigenvalue weighted by Crippen LogP contribution is -2.47. The Balaban J connectivity index is 5.18. The van der Waals surface area contributed by atoms with E-state index in [1.807, 2.05) is 33.3 Å². The fraction of sp³-hybridized carbons (Fsp3) is 0.791. The highest BCUT2D eigenvalue weighted by molar-refractivity contribution is 7.47. The Kier molecular flexibility index (Phi) is 54.8. The molecule has 0 aromatic rings. The second-order valence-electron chi connectivity index (χ2n) is 23.0. The molecule has 0 radical (unpaired) electrons. The molecule has 0 bridgehead atoms. The summed E-state index contributed by atoms with van der Waals surface area (Å²) in [6.07, 6.45) is 73.3. The summed E-state index contributed by atoms with van der Waals surface area (Å²) in [5, 5.41) is 3.05. The van der Waals surface area contributed by atoms with Crippen molar-refractivity contribution in [3.63, 3.8) is 0 Å². The zero-order valence-corrected chi connectivity index (χ0v) is 52.1. The number of nitrogens with zero attached hydrogens (tertiary/aromatic N) is 1. The van der Waals surface area contributed by atoms with E-state index in [9.17, 15) is 19.0 Å². The molecule has 0 rings (SSSR count). The molecule has 0 aromatic heterocycles. The number of hydrogen-bond donors (Lipinski definition) is 2. The third-order valence-electron chi connectivity index (χ3n) is 14.2. The Morgan fingerprint density at radius 1 is 0.481 bits per heavy atom. The lowest BCUT2D eigenvalue weighted by Gasteiger charge is -2.27. The molecular weight excluding hydrogens is 976 g/mol. The van der Waals surface area contributed by atoms with Gasteiger partial charge in [0, 0.05) is 12.8 Å². The number of hydrogen-bond acceptors (Lipinski definition) is 6. The van der Waals surface area contributed by atoms with Gasteiger partial charge >= 0.3 is 13.8 Å². The van der Waals surface area contributed by atoms with Gasteiger partial charge in [0.2, 0.25) is 5.91 Å². The van der Waals surface area contributed by atoms with Gasteiger partial charge in [-0.15, -0.1) is 0 Å². The molecule has 3 atom stereocenters. The minimum absolute atomic E-state index is 0.0359. The molecule has 0 saturated carbocycles. The van der Waals surface area contributed by atoms with Crippen LogP contribution in [0, 0.1) is 0 Å². The Bertz CT molecular complexity index is 1550. The molecule has 10 heteroatoms. The number of carbonyl (C=O) groups is 2. The van der Waals surface area contributed by atoms with Gasteiger partial charge in [-0.3, -0.25) is 18.6 Å². The summed E-state index contributed by atoms with van der Waals surface area (Å²) in [5.74, 6) is -0.515. The van der Waals surface area contributed by atoms with E-state index in [2.05, 4.69) is 86.8 Å². The molecule has 9 nitrogen and oxygen atoms in total. The number of unbranched alkanes of at least 4 members (excludes halogenated alkanes) is 34. The lowest BCUT2D eigenvalue weighted by molar-refractivity contribution is -0.870. The number of allylic oxidation sites excluding steroid dienone is 11. The lowest BCUT2D eigenvalue weighted by atomic mass is 10.0. The Morgan fingerprint density at radius 3 is 1.36 bits per heavy atom. The van der Waals surface area contributed by atoms with Crippen molar-refractivity contribution in [2.75, 3.05) is 40.9 Å². The first-order valence-corrected chi connectivity index (χ1v) is 33.8. The van der Waals surface area contributed by atoms with E-state index in [4.69, 9.17) is 13.8 Å². The van der Waals surface area contributed by atoms with Gasteiger partial charge in [0.15, 0.2) is 0 Å². The minimum Gasteiger partial charge on any atom is -0.456 e. The molecule has 3 unspecified atom stereocenters. The number of ether oxygens (including phenoxy) is 1. The van der Waals surface area contributed by atoms with Gasteiger partial charge in [0.25, 0.3) is 0 Å². The van der Waals surface area contributed by atoms with Gasteiger partial charge in [-0.25, -0.2) is 4.57 Å². The summed E-state index contributed by atoms with van der Waals surface area (Å²) in [6.45, 7) is 6.87. The van der Waals surface area contributed by atoms with Crippen molar-refractivity contribution >= 4 is 19.7 Å². The van der Waals surface area contributed by atoms with Crippen LogP contribution in [0.2, 0.25) is 0 Å². The van der Waals surface area contributed by atoms with Gasteiger partial charge in [0.05, 0.1) is 33.8 Å². The van der Waals surface area contributed by atoms with E-state index in [1.165, 1.54) is 173 Å². The van der Waals surface area contributed by atoms with Gasteiger partial charge < -0.3 is 19.4 Å². The van der Waals surface area contributed by atoms with E-state index in [1.54, 1.807) is 0 Å². The van der Waals surface area contributed by atoms with Crippen LogP contribution in [0.3, 0.4) is 0 Å². The number of rotatable bonds is 58. The zero-order valence-electron chi connectivity index (χ0n) is 51.2. The first-order chi connectivity index (χ1) is 37.4. The summed E-state index contributed by atoms with van der Waals surface area (Å²) in [7, 11) is 1.49. The summed E-state index contributed by atoms with van der Waals surface area (Å²) < 4.78 is 30.7. The molecule has 0 aliphatic heterocycles. The largest absolute Gasteiger partial charge is 0.472 e. The second kappa shape index (κ2) is 56.7. The Morgan fingerprint density at radius 2 is 0.883 bits per heavy atom. The average molecular weight is 1100 g/mol. The maximum absolute atomic E-state index is 13.5. The predicted molar refractivity (Wildman–Crippen MR) is 332 cm³/mol. The first kappa shape index (κ1) is 74.5. The van der Waals surface area contributed by atoms with Crippen molar-refractivity contribution in [2.24, 2.45) is 0 Å². The average Bonchev–Trinajstić information content (AvgIpc) is 3.39. The maximum Gasteiger partial charge on any atom is 0.472 e. The van der Waals surface area contributed by atoms with Gasteiger partial charge in [-0.1, -0.05) is 267 Å². The normalized spacial score (nSPS) is 14.1. The standard InChI is InChI=1S/C67H123N2O7P/c1-7-10-13-16-19-22-25-28-30-31-32-33-34-35-36-37-39-42-45-48-51-54-57-60-67(71)76-65(58-55-52-49-46-43-40-27-24-21-18-15-12-9-3)64(63-75-77(72,73)74-62-61-69(4,5)6)68-66(70)59-56-53-50-47-44-41-38-29-26-23-20-17-14-11-8-2/h11,14,17,19-20,22-23,26,28,30,55,58,64-65H,7-10,12-13,15-16,18,21,24-25,27,29,31-54,56-57,59-63H2,1-6H3,(H-,68,70,72,73)/p+1/b14-11+,20-17+,22-19-,26-23+,30-28-,58-55-. The number of phosphoric ester groups is 1. The van der Waals surface area contributed by atoms with E-state index < -0.39 is 20.0 Å². The van der Waals surface area contributed by atoms with Crippen LogP contribution in [0.1, 0.15) is 290 Å². The van der Waals surface area contributed by atoms with Crippen LogP contribution in [0.4, 0.5) is 0 Å². The van der Waals surface area contributed by atoms with E-state index >= 15 is 0 Å². The topological polar surface area (TPSA) is 111 Å². The van der Waals surface area contributed by atoms with Crippen LogP contribution >= 0.6 is 7.82 Å². The molecule has 0 spiro atoms. The highest BCUT2D eigenvalue weighted by Crippen LogP contribution is 2.43. The van der Waals surface area contributed by atoms with Crippen LogP contribution in [0.5, 0.6) is 0 Å². The number of carbonyl (C=O) groups excluding carboxylic acids is 2. The highest BCUT2D eigenvalue weighted by Gasteiger charge is 2.30. The molecule has 0 aliphatic rings. The number of likely N-dealkylation sites (N-methyl/N-ethyl adjacent to an activating group) is 1. The quantitative estimate of drug-likeness (QED) is 0.0156. The number of quaternary nitrogens is 1. The zero-order chi connectivity index (χ0) is 56.4. The summed E-state index contributed by atoms with van der Waals surface area (Å²) in [5.41, 5.74) is 0. The molecule has 1 amide bonds. The molecule has 0 aromatic carbocycles. The van der Waals surface area contributed by atoms with Crippen LogP contribution < -0.4 is 5.32 Å². The van der Waals surface area contributed by atoms with Crippen molar-refractivity contribution in [1.82, 2.24) is 5.32 Å². The summed E-state index contributed by atoms with van der Waals surface area (Å²) >= 11 is 0. The fourth-order valence-electron chi connectivity index (χ4n) is 9.21. The van der Waals surface area contributed by atoms with Gasteiger partial charge in [0.1, 0.15) is 19.3 Å². The summed E-state index contributed by atoms with van der Waals surface area (Å²) in [6, 6.07) is -0.857. The predicted octanol–water partition coefficient (Wildman–Crippen LogP) is 20.0. The molecule has 0 heterocycles. The second-order valence-corrected chi connectivity index (χ2v) is 24.4. The van der Waals surface area contributed by atoms with E-state index in [0.717, 1.165) is 83.5 Å². The fourth-order valence-corrected chi connectivity index (χ4v) is 9.94. The number of nitrogens with one attached hydrogen (secondary N) is 1. The SMILES string of the molecule is CC/C=C/C=C/C=C/CCCCCCCCCC(=O)NC(COP(=O)(O)OCC[N+](C)(C)C)C(/C=C\CCCCCCCCCCCCC)OC(=O)CCCCCCCCCCCCCCC/C=C\C/C=C\CCCCC. The van der Waals surface area contributed by atoms with E-state index in [0.29, 0.717) is 17.4 Å². The van der Waals surface area contributed by atoms with Gasteiger partial charge in [-0.2, -0.15) is 0 Å². The minimum atomic E-state index is -4.45. The maximum atomic E-state index is 13.5. The molecule has 2 N–H and O–H groups in total. The highest BCUT2D eigenvalue weighted by atomic mass is 31.2. The molecule has 0 saturated heterocycles. The molecule has 0 aliphatic carbocycles. The number of amides is 1. The van der Waals surface area contributed by atoms with Crippen LogP contribution in [0.25, 0.3) is 0 Å². The first-order valence-electron chi connectivity index (χ1n) is 32.3. The van der Waals surface area contributed by atoms with Crippen LogP contribution in [-0.2, 0) is 27.9 Å². The van der Waals surface area contributed by atoms with Crippen molar-refractivity contribution in [2.45, 2.75) is 303 Å². The van der Waals surface area contributed by atoms with Crippen LogP contribution in [-0.4, -0.2) is 74.3 Å². The Hall–Kier alpha value is -2.55. The number of phosphoric acid groups is 1. The monoisotopic (exact) mass is 1100 g/mol. The van der Waals surface area contributed by atoms with Gasteiger partial charge in [-0.05, 0) is 83.1 Å². The van der Waals surface area contributed by atoms with E-state index in [-0.39, 0.29) is 31.5 Å². The summed E-state index contributed by atoms with van der Waals surface area (Å²) in [4.78, 5) is 37.8. The van der Waals surface area contributed by atoms with Crippen molar-refractivity contribution in [3.8, 4) is 0 Å². The van der Waals surface area contributed by atoms with Crippen molar-refractivity contribution in [3.05, 3.63) is 72.9 Å². The Labute approximate surface area is 476 Å². The molecule has 448 valence electrons. The smallest absolute Gasteiger partial charge is 0.456 e. The number of esters is 1. The third kappa shape index (κ3) is 57.9. The molecule has 0 fully saturated rings. The molecule has 77 heavy (non-hydrogen) atoms. The van der Waals surface area contributed by atoms with Crippen molar-refractivity contribution < 1.29 is 37.3 Å². The molecular formula is C67H124N2O7P+. The van der Waals surface area contributed by atoms with Crippen molar-refractivity contribution in [1.29, 1.82) is 0 Å². The van der Waals surface area contributed by atoms with Crippen LogP contribution in [0.15, 0.2) is 72.9 Å².